The van der Waals surface area contributed by atoms with Crippen LogP contribution in [0.4, 0.5) is 0 Å². The topological polar surface area (TPSA) is 31.2 Å². The van der Waals surface area contributed by atoms with E-state index in [1.165, 1.54) is 4.57 Å². The number of hydrogen-bond acceptors (Lipinski definition) is 2. The van der Waals surface area contributed by atoms with Crippen molar-refractivity contribution >= 4 is 13.3 Å². The quantitative estimate of drug-likeness (QED) is 0.686. The van der Waals surface area contributed by atoms with Gasteiger partial charge in [0.2, 0.25) is 5.56 Å². The molecule has 100 valence electrons. The minimum Gasteiger partial charge on any atom is -0.457 e. The molecule has 0 aliphatic rings. The van der Waals surface area contributed by atoms with E-state index in [0.29, 0.717) is 5.75 Å². The Balaban J connectivity index is 1.88. The lowest BCUT2D eigenvalue weighted by molar-refractivity contribution is 0.482. The molecule has 2 radical (unpaired) electrons. The van der Waals surface area contributed by atoms with Gasteiger partial charge in [-0.1, -0.05) is 24.3 Å². The molecule has 0 saturated carbocycles. The van der Waals surface area contributed by atoms with E-state index in [-0.39, 0.29) is 11.0 Å². The van der Waals surface area contributed by atoms with E-state index in [1.54, 1.807) is 18.3 Å². The van der Waals surface area contributed by atoms with E-state index in [4.69, 9.17) is 12.6 Å². The van der Waals surface area contributed by atoms with E-state index in [2.05, 4.69) is 0 Å². The van der Waals surface area contributed by atoms with Crippen LogP contribution in [0.1, 0.15) is 0 Å². The lowest BCUT2D eigenvalue weighted by Crippen LogP contribution is -2.32. The molecule has 0 N–H and O–H groups in total. The van der Waals surface area contributed by atoms with Gasteiger partial charge < -0.3 is 4.74 Å². The van der Waals surface area contributed by atoms with Crippen LogP contribution in [0.15, 0.2) is 77.7 Å². The monoisotopic (exact) mass is 273 g/mol. The van der Waals surface area contributed by atoms with E-state index in [9.17, 15) is 4.79 Å². The highest BCUT2D eigenvalue weighted by Crippen LogP contribution is 2.21. The van der Waals surface area contributed by atoms with E-state index < -0.39 is 0 Å². The molecule has 1 heterocycles. The summed E-state index contributed by atoms with van der Waals surface area (Å²) in [6, 6.07) is 20.1. The first-order valence-corrected chi connectivity index (χ1v) is 6.54. The number of benzene rings is 2. The van der Waals surface area contributed by atoms with Gasteiger partial charge in [-0.2, -0.15) is 0 Å². The fraction of sp³-hybridized carbons (Fsp3) is 0. The Hall–Kier alpha value is -2.75. The summed E-state index contributed by atoms with van der Waals surface area (Å²) in [7, 11) is 5.63. The van der Waals surface area contributed by atoms with Crippen molar-refractivity contribution in [3.8, 4) is 17.2 Å². The minimum atomic E-state index is -0.228. The maximum Gasteiger partial charge on any atom is 0.247 e. The Labute approximate surface area is 123 Å². The lowest BCUT2D eigenvalue weighted by atomic mass is 9.98. The van der Waals surface area contributed by atoms with Gasteiger partial charge >= 0.3 is 0 Å². The highest BCUT2D eigenvalue weighted by Gasteiger charge is 2.02. The Kier molecular flexibility index (Phi) is 3.60. The van der Waals surface area contributed by atoms with Crippen LogP contribution in [-0.2, 0) is 0 Å². The number of pyridine rings is 1. The summed E-state index contributed by atoms with van der Waals surface area (Å²) in [4.78, 5) is 12.0. The van der Waals surface area contributed by atoms with E-state index in [0.717, 1.165) is 11.4 Å². The smallest absolute Gasteiger partial charge is 0.247 e. The largest absolute Gasteiger partial charge is 0.457 e. The van der Waals surface area contributed by atoms with Gasteiger partial charge in [0.25, 0.3) is 0 Å². The van der Waals surface area contributed by atoms with Gasteiger partial charge in [0.15, 0.2) is 0 Å². The second kappa shape index (κ2) is 5.71. The fourth-order valence-corrected chi connectivity index (χ4v) is 2.01. The SMILES string of the molecule is [B]c1cccn(-c2ccc(Oc3ccccc3)cc2)c1=O. The van der Waals surface area contributed by atoms with Gasteiger partial charge in [-0.25, -0.2) is 0 Å². The number of rotatable bonds is 3. The van der Waals surface area contributed by atoms with Gasteiger partial charge in [0.1, 0.15) is 19.3 Å². The van der Waals surface area contributed by atoms with Gasteiger partial charge in [0, 0.05) is 11.9 Å². The first kappa shape index (κ1) is 13.2. The molecule has 0 saturated heterocycles. The molecular formula is C17H12BNO2. The average molecular weight is 273 g/mol. The van der Waals surface area contributed by atoms with Crippen molar-refractivity contribution in [3.05, 3.63) is 83.3 Å². The molecule has 21 heavy (non-hydrogen) atoms. The van der Waals surface area contributed by atoms with Crippen molar-refractivity contribution in [2.45, 2.75) is 0 Å². The zero-order chi connectivity index (χ0) is 14.7. The Morgan fingerprint density at radius 2 is 1.48 bits per heavy atom. The molecule has 1 aromatic heterocycles. The number of nitrogens with zero attached hydrogens (tertiary/aromatic N) is 1. The Morgan fingerprint density at radius 3 is 2.19 bits per heavy atom. The fourth-order valence-electron chi connectivity index (χ4n) is 2.01. The molecule has 0 aliphatic heterocycles. The molecule has 0 fully saturated rings. The molecule has 0 amide bonds. The van der Waals surface area contributed by atoms with Crippen molar-refractivity contribution in [3.63, 3.8) is 0 Å². The van der Waals surface area contributed by atoms with Crippen LogP contribution in [0.3, 0.4) is 0 Å². The zero-order valence-electron chi connectivity index (χ0n) is 11.3. The highest BCUT2D eigenvalue weighted by atomic mass is 16.5. The molecule has 0 spiro atoms. The zero-order valence-corrected chi connectivity index (χ0v) is 11.3. The molecular weight excluding hydrogens is 261 g/mol. The summed E-state index contributed by atoms with van der Waals surface area (Å²) >= 11 is 0. The first-order valence-electron chi connectivity index (χ1n) is 6.54. The van der Waals surface area contributed by atoms with Gasteiger partial charge in [-0.3, -0.25) is 9.36 Å². The molecule has 0 atom stereocenters. The number of aromatic nitrogens is 1. The molecule has 2 aromatic carbocycles. The van der Waals surface area contributed by atoms with Crippen LogP contribution >= 0.6 is 0 Å². The summed E-state index contributed by atoms with van der Waals surface area (Å²) in [5.41, 5.74) is 0.740. The molecule has 0 unspecified atom stereocenters. The Bertz CT molecular complexity index is 795. The lowest BCUT2D eigenvalue weighted by Gasteiger charge is -2.09. The number of hydrogen-bond donors (Lipinski definition) is 0. The standard InChI is InChI=1S/C17H12BNO2/c18-16-7-4-12-19(17(16)20)13-8-10-15(11-9-13)21-14-5-2-1-3-6-14/h1-12H. The van der Waals surface area contributed by atoms with Crippen molar-refractivity contribution in [2.24, 2.45) is 0 Å². The van der Waals surface area contributed by atoms with Crippen LogP contribution in [0.5, 0.6) is 11.5 Å². The van der Waals surface area contributed by atoms with Gasteiger partial charge in [-0.05, 0) is 47.9 Å². The normalized spacial score (nSPS) is 10.3. The first-order chi connectivity index (χ1) is 10.2. The van der Waals surface area contributed by atoms with E-state index in [1.807, 2.05) is 54.6 Å². The summed E-state index contributed by atoms with van der Waals surface area (Å²) in [6.07, 6.45) is 1.69. The van der Waals surface area contributed by atoms with Gasteiger partial charge in [-0.15, -0.1) is 0 Å². The van der Waals surface area contributed by atoms with Crippen molar-refractivity contribution in [1.82, 2.24) is 4.57 Å². The molecule has 3 nitrogen and oxygen atoms in total. The third-order valence-electron chi connectivity index (χ3n) is 3.07. The number of para-hydroxylation sites is 1. The third-order valence-corrected chi connectivity index (χ3v) is 3.07. The maximum atomic E-state index is 12.0. The number of ether oxygens (including phenoxy) is 1. The molecule has 3 aromatic rings. The van der Waals surface area contributed by atoms with Crippen LogP contribution in [-0.4, -0.2) is 12.4 Å². The molecule has 3 rings (SSSR count). The van der Waals surface area contributed by atoms with Crippen LogP contribution in [0.25, 0.3) is 5.69 Å². The van der Waals surface area contributed by atoms with Gasteiger partial charge in [0.05, 0.1) is 0 Å². The van der Waals surface area contributed by atoms with Crippen LogP contribution < -0.4 is 15.8 Å². The molecule has 0 aliphatic carbocycles. The third kappa shape index (κ3) is 2.89. The maximum absolute atomic E-state index is 12.0. The average Bonchev–Trinajstić information content (AvgIpc) is 2.52. The van der Waals surface area contributed by atoms with E-state index >= 15 is 0 Å². The van der Waals surface area contributed by atoms with Crippen LogP contribution in [0, 0.1) is 0 Å². The minimum absolute atomic E-state index is 0.224. The summed E-state index contributed by atoms with van der Waals surface area (Å²) < 4.78 is 7.21. The summed E-state index contributed by atoms with van der Waals surface area (Å²) in [5, 5.41) is 0. The van der Waals surface area contributed by atoms with Crippen molar-refractivity contribution in [1.29, 1.82) is 0 Å². The van der Waals surface area contributed by atoms with Crippen LogP contribution in [0.2, 0.25) is 0 Å². The second-order valence-corrected chi connectivity index (χ2v) is 4.55. The second-order valence-electron chi connectivity index (χ2n) is 4.55. The summed E-state index contributed by atoms with van der Waals surface area (Å²) in [6.45, 7) is 0. The molecule has 4 heteroatoms. The predicted octanol–water partition coefficient (Wildman–Crippen LogP) is 2.42. The Morgan fingerprint density at radius 1 is 0.810 bits per heavy atom. The highest BCUT2D eigenvalue weighted by molar-refractivity contribution is 6.31. The van der Waals surface area contributed by atoms with Crippen molar-refractivity contribution in [2.75, 3.05) is 0 Å². The summed E-state index contributed by atoms with van der Waals surface area (Å²) in [5.74, 6) is 1.48. The predicted molar refractivity (Wildman–Crippen MR) is 83.9 cm³/mol. The van der Waals surface area contributed by atoms with Crippen molar-refractivity contribution < 1.29 is 4.74 Å². The molecule has 0 bridgehead atoms.